The Balaban J connectivity index is 3.06. The smallest absolute Gasteiger partial charge is 0.243 e. The first-order valence-corrected chi connectivity index (χ1v) is 14.7. The van der Waals surface area contributed by atoms with Crippen molar-refractivity contribution in [2.75, 3.05) is 0 Å². The summed E-state index contributed by atoms with van der Waals surface area (Å²) in [5, 5.41) is 22.2. The minimum Gasteiger partial charge on any atom is -0.391 e. The maximum atomic E-state index is 13.5. The minimum absolute atomic E-state index is 0.0184. The van der Waals surface area contributed by atoms with Crippen molar-refractivity contribution in [3.05, 3.63) is 30.1 Å². The first-order chi connectivity index (χ1) is 19.7. The Morgan fingerprint density at radius 2 is 1.60 bits per heavy atom. The van der Waals surface area contributed by atoms with Crippen molar-refractivity contribution >= 4 is 29.5 Å². The highest BCUT2D eigenvalue weighted by molar-refractivity contribution is 5.91. The van der Waals surface area contributed by atoms with E-state index in [-0.39, 0.29) is 42.5 Å². The summed E-state index contributed by atoms with van der Waals surface area (Å²) in [6, 6.07) is 2.67. The number of aliphatic hydroxyl groups is 1. The molecule has 0 fully saturated rings. The highest BCUT2D eigenvalue weighted by Crippen LogP contribution is 2.23. The van der Waals surface area contributed by atoms with Gasteiger partial charge in [0.2, 0.25) is 29.5 Å². The number of amides is 5. The van der Waals surface area contributed by atoms with Crippen molar-refractivity contribution < 1.29 is 29.1 Å². The molecule has 236 valence electrons. The molecule has 0 aromatic carbocycles. The maximum absolute atomic E-state index is 13.5. The van der Waals surface area contributed by atoms with Crippen molar-refractivity contribution in [3.63, 3.8) is 0 Å². The Hall–Kier alpha value is -3.54. The molecule has 0 bridgehead atoms. The number of aliphatic hydroxyl groups excluding tert-OH is 1. The average Bonchev–Trinajstić information content (AvgIpc) is 2.91. The molecular formula is C30H50N6O6. The van der Waals surface area contributed by atoms with Crippen molar-refractivity contribution in [2.45, 2.75) is 105 Å². The second-order valence-electron chi connectivity index (χ2n) is 11.7. The molecule has 0 saturated heterocycles. The second kappa shape index (κ2) is 18.1. The topological polar surface area (TPSA) is 193 Å². The monoisotopic (exact) mass is 590 g/mol. The molecule has 6 atom stereocenters. The summed E-state index contributed by atoms with van der Waals surface area (Å²) < 4.78 is 0. The van der Waals surface area contributed by atoms with E-state index in [1.807, 2.05) is 47.6 Å². The SMILES string of the molecule is CC[C@H](C)[C@H](NC(=O)[C@H](C[C@H](O)[C@H](CC(C)C)NC(=O)[C@H](CC(N)=O)NC(C)=O)C(C)C)C(=O)NCc1ccccn1. The van der Waals surface area contributed by atoms with Crippen LogP contribution in [0.4, 0.5) is 0 Å². The molecule has 12 heteroatoms. The molecular weight excluding hydrogens is 540 g/mol. The molecule has 5 amide bonds. The lowest BCUT2D eigenvalue weighted by Gasteiger charge is -2.32. The van der Waals surface area contributed by atoms with Crippen LogP contribution in [-0.4, -0.2) is 63.9 Å². The van der Waals surface area contributed by atoms with E-state index in [9.17, 15) is 29.1 Å². The molecule has 1 aromatic rings. The summed E-state index contributed by atoms with van der Waals surface area (Å²) in [5.41, 5.74) is 5.95. The van der Waals surface area contributed by atoms with Crippen molar-refractivity contribution in [3.8, 4) is 0 Å². The van der Waals surface area contributed by atoms with Gasteiger partial charge in [0.25, 0.3) is 0 Å². The van der Waals surface area contributed by atoms with Crippen LogP contribution in [0.3, 0.4) is 0 Å². The van der Waals surface area contributed by atoms with Gasteiger partial charge in [0, 0.05) is 19.0 Å². The van der Waals surface area contributed by atoms with Crippen molar-refractivity contribution in [1.29, 1.82) is 0 Å². The van der Waals surface area contributed by atoms with Gasteiger partial charge in [0.1, 0.15) is 12.1 Å². The van der Waals surface area contributed by atoms with Crippen molar-refractivity contribution in [1.82, 2.24) is 26.3 Å². The molecule has 1 rings (SSSR count). The minimum atomic E-state index is -1.19. The maximum Gasteiger partial charge on any atom is 0.243 e. The third-order valence-corrected chi connectivity index (χ3v) is 7.22. The van der Waals surface area contributed by atoms with E-state index in [4.69, 9.17) is 5.73 Å². The van der Waals surface area contributed by atoms with Gasteiger partial charge in [-0.1, -0.05) is 54.0 Å². The first-order valence-electron chi connectivity index (χ1n) is 14.7. The van der Waals surface area contributed by atoms with E-state index in [1.54, 1.807) is 18.3 Å². The second-order valence-corrected chi connectivity index (χ2v) is 11.7. The van der Waals surface area contributed by atoms with E-state index in [0.29, 0.717) is 18.5 Å². The fourth-order valence-electron chi connectivity index (χ4n) is 4.62. The lowest BCUT2D eigenvalue weighted by atomic mass is 9.85. The van der Waals surface area contributed by atoms with Gasteiger partial charge in [-0.25, -0.2) is 0 Å². The van der Waals surface area contributed by atoms with Crippen LogP contribution in [0.15, 0.2) is 24.4 Å². The summed E-state index contributed by atoms with van der Waals surface area (Å²) in [6.45, 7) is 12.8. The molecule has 0 spiro atoms. The number of primary amides is 1. The van der Waals surface area contributed by atoms with Gasteiger partial charge in [-0.2, -0.15) is 0 Å². The van der Waals surface area contributed by atoms with Crippen molar-refractivity contribution in [2.24, 2.45) is 29.4 Å². The van der Waals surface area contributed by atoms with E-state index < -0.39 is 54.3 Å². The zero-order chi connectivity index (χ0) is 32.0. The van der Waals surface area contributed by atoms with Gasteiger partial charge >= 0.3 is 0 Å². The number of carbonyl (C=O) groups is 5. The average molecular weight is 591 g/mol. The normalized spacial score (nSPS) is 15.6. The molecule has 1 aromatic heterocycles. The molecule has 0 aliphatic rings. The summed E-state index contributed by atoms with van der Waals surface area (Å²) in [4.78, 5) is 66.9. The zero-order valence-electron chi connectivity index (χ0n) is 26.0. The summed E-state index contributed by atoms with van der Waals surface area (Å²) in [7, 11) is 0. The molecule has 0 radical (unpaired) electrons. The Morgan fingerprint density at radius 3 is 2.10 bits per heavy atom. The van der Waals surface area contributed by atoms with E-state index in [0.717, 1.165) is 0 Å². The van der Waals surface area contributed by atoms with Gasteiger partial charge < -0.3 is 32.1 Å². The van der Waals surface area contributed by atoms with Gasteiger partial charge in [-0.15, -0.1) is 0 Å². The number of carbonyl (C=O) groups excluding carboxylic acids is 5. The first kappa shape index (κ1) is 36.5. The highest BCUT2D eigenvalue weighted by Gasteiger charge is 2.35. The lowest BCUT2D eigenvalue weighted by Crippen LogP contribution is -2.55. The molecule has 7 N–H and O–H groups in total. The summed E-state index contributed by atoms with van der Waals surface area (Å²) in [5.74, 6) is -3.55. The van der Waals surface area contributed by atoms with Gasteiger partial charge in [-0.05, 0) is 42.7 Å². The molecule has 0 unspecified atom stereocenters. The lowest BCUT2D eigenvalue weighted by molar-refractivity contribution is -0.134. The molecule has 42 heavy (non-hydrogen) atoms. The molecule has 12 nitrogen and oxygen atoms in total. The molecule has 0 saturated carbocycles. The van der Waals surface area contributed by atoms with Gasteiger partial charge in [-0.3, -0.25) is 29.0 Å². The van der Waals surface area contributed by atoms with Crippen LogP contribution in [0.2, 0.25) is 0 Å². The number of aromatic nitrogens is 1. The van der Waals surface area contributed by atoms with Crippen LogP contribution >= 0.6 is 0 Å². The molecule has 1 heterocycles. The Labute approximate surface area is 249 Å². The van der Waals surface area contributed by atoms with E-state index in [2.05, 4.69) is 26.3 Å². The van der Waals surface area contributed by atoms with Crippen LogP contribution < -0.4 is 27.0 Å². The standard InChI is InChI=1S/C30H50N6O6/c1-8-19(6)27(30(42)33-16-21-11-9-10-12-32-21)36-28(40)22(18(4)5)14-25(38)23(13-17(2)3)35-29(41)24(15-26(31)39)34-20(7)37/h9-12,17-19,22-25,27,38H,8,13-16H2,1-7H3,(H2,31,39)(H,33,42)(H,34,37)(H,35,41)(H,36,40)/t19-,22+,23-,24-,25-,27-/m0/s1. The number of hydrogen-bond donors (Lipinski definition) is 6. The number of nitrogens with zero attached hydrogens (tertiary/aromatic N) is 1. The number of hydrogen-bond acceptors (Lipinski definition) is 7. The Kier molecular flexibility index (Phi) is 15.7. The quantitative estimate of drug-likeness (QED) is 0.148. The molecule has 0 aliphatic heterocycles. The van der Waals surface area contributed by atoms with Crippen LogP contribution in [-0.2, 0) is 30.5 Å². The third kappa shape index (κ3) is 13.0. The predicted molar refractivity (Wildman–Crippen MR) is 159 cm³/mol. The number of rotatable bonds is 18. The number of pyridine rings is 1. The highest BCUT2D eigenvalue weighted by atomic mass is 16.3. The Bertz CT molecular complexity index is 1020. The number of nitrogens with two attached hydrogens (primary N) is 1. The van der Waals surface area contributed by atoms with E-state index >= 15 is 0 Å². The van der Waals surface area contributed by atoms with Crippen LogP contribution in [0, 0.1) is 23.7 Å². The number of nitrogens with one attached hydrogen (secondary N) is 4. The van der Waals surface area contributed by atoms with Crippen LogP contribution in [0.25, 0.3) is 0 Å². The Morgan fingerprint density at radius 1 is 0.929 bits per heavy atom. The summed E-state index contributed by atoms with van der Waals surface area (Å²) >= 11 is 0. The van der Waals surface area contributed by atoms with Crippen LogP contribution in [0.1, 0.15) is 79.8 Å². The molecule has 0 aliphatic carbocycles. The largest absolute Gasteiger partial charge is 0.391 e. The summed E-state index contributed by atoms with van der Waals surface area (Å²) in [6.07, 6.45) is 1.17. The zero-order valence-corrected chi connectivity index (χ0v) is 26.0. The fourth-order valence-corrected chi connectivity index (χ4v) is 4.62. The van der Waals surface area contributed by atoms with Crippen LogP contribution in [0.5, 0.6) is 0 Å². The predicted octanol–water partition coefficient (Wildman–Crippen LogP) is 1.16. The van der Waals surface area contributed by atoms with E-state index in [1.165, 1.54) is 6.92 Å². The van der Waals surface area contributed by atoms with Gasteiger partial charge in [0.05, 0.1) is 30.8 Å². The third-order valence-electron chi connectivity index (χ3n) is 7.22. The van der Waals surface area contributed by atoms with Gasteiger partial charge in [0.15, 0.2) is 0 Å². The fraction of sp³-hybridized carbons (Fsp3) is 0.667.